The van der Waals surface area contributed by atoms with Crippen molar-refractivity contribution in [1.82, 2.24) is 0 Å². The van der Waals surface area contributed by atoms with E-state index in [4.69, 9.17) is 4.74 Å². The maximum Gasteiger partial charge on any atom is 0.306 e. The van der Waals surface area contributed by atoms with Gasteiger partial charge in [-0.05, 0) is 38.7 Å². The Labute approximate surface area is 110 Å². The molecule has 1 aromatic rings. The van der Waals surface area contributed by atoms with Gasteiger partial charge in [0.15, 0.2) is 0 Å². The molecular formula is C16H22O2. The Balaban J connectivity index is 2.23. The highest BCUT2D eigenvalue weighted by Crippen LogP contribution is 2.09. The van der Waals surface area contributed by atoms with Crippen LogP contribution in [-0.4, -0.2) is 12.6 Å². The minimum atomic E-state index is -0.103. The summed E-state index contributed by atoms with van der Waals surface area (Å²) >= 11 is 0. The first-order valence-corrected chi connectivity index (χ1v) is 6.57. The summed E-state index contributed by atoms with van der Waals surface area (Å²) in [6.07, 6.45) is 5.58. The molecule has 0 aliphatic carbocycles. The molecule has 1 aromatic carbocycles. The number of carbonyl (C=O) groups is 1. The lowest BCUT2D eigenvalue weighted by atomic mass is 10.1. The lowest BCUT2D eigenvalue weighted by Crippen LogP contribution is -2.03. The van der Waals surface area contributed by atoms with Crippen molar-refractivity contribution in [3.63, 3.8) is 0 Å². The maximum absolute atomic E-state index is 11.2. The van der Waals surface area contributed by atoms with Crippen LogP contribution >= 0.6 is 0 Å². The summed E-state index contributed by atoms with van der Waals surface area (Å²) in [5, 5.41) is 0. The zero-order valence-corrected chi connectivity index (χ0v) is 11.3. The number of benzene rings is 1. The number of carbonyl (C=O) groups excluding carboxylic acids is 1. The van der Waals surface area contributed by atoms with Crippen LogP contribution in [0.4, 0.5) is 0 Å². The van der Waals surface area contributed by atoms with Gasteiger partial charge in [-0.1, -0.05) is 42.0 Å². The molecule has 18 heavy (non-hydrogen) atoms. The Bertz CT molecular complexity index is 379. The Hall–Kier alpha value is -1.57. The summed E-state index contributed by atoms with van der Waals surface area (Å²) in [5.74, 6) is -0.103. The molecule has 0 N–H and O–H groups in total. The molecule has 0 atom stereocenters. The minimum Gasteiger partial charge on any atom is -0.466 e. The van der Waals surface area contributed by atoms with Crippen LogP contribution in [0.2, 0.25) is 0 Å². The van der Waals surface area contributed by atoms with Crippen molar-refractivity contribution in [2.75, 3.05) is 6.61 Å². The Morgan fingerprint density at radius 1 is 1.22 bits per heavy atom. The van der Waals surface area contributed by atoms with Gasteiger partial charge in [0.1, 0.15) is 0 Å². The molecule has 0 bridgehead atoms. The van der Waals surface area contributed by atoms with Gasteiger partial charge in [-0.15, -0.1) is 0 Å². The smallest absolute Gasteiger partial charge is 0.306 e. The molecule has 0 aliphatic heterocycles. The molecule has 98 valence electrons. The van der Waals surface area contributed by atoms with Crippen LogP contribution in [0.5, 0.6) is 0 Å². The first-order chi connectivity index (χ1) is 8.72. The third-order valence-electron chi connectivity index (χ3n) is 2.80. The zero-order chi connectivity index (χ0) is 13.2. The van der Waals surface area contributed by atoms with E-state index < -0.39 is 0 Å². The second-order valence-corrected chi connectivity index (χ2v) is 4.38. The van der Waals surface area contributed by atoms with E-state index in [0.717, 1.165) is 19.3 Å². The van der Waals surface area contributed by atoms with Gasteiger partial charge in [0.25, 0.3) is 0 Å². The summed E-state index contributed by atoms with van der Waals surface area (Å²) in [6.45, 7) is 4.38. The van der Waals surface area contributed by atoms with E-state index in [1.54, 1.807) is 0 Å². The number of rotatable bonds is 7. The maximum atomic E-state index is 11.2. The normalized spacial score (nSPS) is 11.3. The SMILES string of the molecule is CCOC(=O)CCC(C)=CCCc1ccccc1. The number of hydrogen-bond acceptors (Lipinski definition) is 2. The Kier molecular flexibility index (Phi) is 6.85. The van der Waals surface area contributed by atoms with Crippen molar-refractivity contribution in [3.05, 3.63) is 47.5 Å². The van der Waals surface area contributed by atoms with Gasteiger partial charge < -0.3 is 4.74 Å². The molecule has 0 amide bonds. The number of allylic oxidation sites excluding steroid dienone is 2. The third-order valence-corrected chi connectivity index (χ3v) is 2.80. The van der Waals surface area contributed by atoms with Gasteiger partial charge in [0, 0.05) is 6.42 Å². The molecule has 0 saturated heterocycles. The fraction of sp³-hybridized carbons (Fsp3) is 0.438. The van der Waals surface area contributed by atoms with E-state index in [9.17, 15) is 4.79 Å². The summed E-state index contributed by atoms with van der Waals surface area (Å²) in [7, 11) is 0. The van der Waals surface area contributed by atoms with Crippen LogP contribution in [-0.2, 0) is 16.0 Å². The van der Waals surface area contributed by atoms with Gasteiger partial charge in [-0.25, -0.2) is 0 Å². The van der Waals surface area contributed by atoms with Gasteiger partial charge >= 0.3 is 5.97 Å². The molecule has 1 rings (SSSR count). The fourth-order valence-corrected chi connectivity index (χ4v) is 1.76. The van der Waals surface area contributed by atoms with Crippen molar-refractivity contribution in [1.29, 1.82) is 0 Å². The van der Waals surface area contributed by atoms with Crippen LogP contribution in [0, 0.1) is 0 Å². The molecule has 0 aromatic heterocycles. The fourth-order valence-electron chi connectivity index (χ4n) is 1.76. The molecule has 0 unspecified atom stereocenters. The van der Waals surface area contributed by atoms with Crippen molar-refractivity contribution in [3.8, 4) is 0 Å². The summed E-state index contributed by atoms with van der Waals surface area (Å²) in [4.78, 5) is 11.2. The minimum absolute atomic E-state index is 0.103. The van der Waals surface area contributed by atoms with Crippen molar-refractivity contribution < 1.29 is 9.53 Å². The van der Waals surface area contributed by atoms with Crippen LogP contribution in [0.3, 0.4) is 0 Å². The molecule has 0 spiro atoms. The largest absolute Gasteiger partial charge is 0.466 e. The van der Waals surface area contributed by atoms with Gasteiger partial charge in [-0.3, -0.25) is 4.79 Å². The van der Waals surface area contributed by atoms with Crippen LogP contribution in [0.25, 0.3) is 0 Å². The van der Waals surface area contributed by atoms with Crippen molar-refractivity contribution >= 4 is 5.97 Å². The average molecular weight is 246 g/mol. The Morgan fingerprint density at radius 2 is 1.94 bits per heavy atom. The highest BCUT2D eigenvalue weighted by molar-refractivity contribution is 5.69. The first kappa shape index (κ1) is 14.5. The predicted molar refractivity (Wildman–Crippen MR) is 74.4 cm³/mol. The van der Waals surface area contributed by atoms with E-state index in [0.29, 0.717) is 13.0 Å². The highest BCUT2D eigenvalue weighted by Gasteiger charge is 2.01. The second-order valence-electron chi connectivity index (χ2n) is 4.38. The van der Waals surface area contributed by atoms with Gasteiger partial charge in [0.05, 0.1) is 6.61 Å². The second kappa shape index (κ2) is 8.51. The summed E-state index contributed by atoms with van der Waals surface area (Å²) in [5.41, 5.74) is 2.62. The van der Waals surface area contributed by atoms with E-state index in [1.807, 2.05) is 13.0 Å². The first-order valence-electron chi connectivity index (χ1n) is 6.57. The predicted octanol–water partition coefficient (Wildman–Crippen LogP) is 3.91. The molecule has 0 fully saturated rings. The molecule has 0 heterocycles. The topological polar surface area (TPSA) is 26.3 Å². The zero-order valence-electron chi connectivity index (χ0n) is 11.3. The molecule has 0 aliphatic rings. The Morgan fingerprint density at radius 3 is 2.61 bits per heavy atom. The van der Waals surface area contributed by atoms with E-state index >= 15 is 0 Å². The van der Waals surface area contributed by atoms with Crippen LogP contribution in [0.1, 0.15) is 38.7 Å². The molecule has 2 heteroatoms. The van der Waals surface area contributed by atoms with Crippen molar-refractivity contribution in [2.24, 2.45) is 0 Å². The number of aryl methyl sites for hydroxylation is 1. The molecular weight excluding hydrogens is 224 g/mol. The van der Waals surface area contributed by atoms with Crippen LogP contribution in [0.15, 0.2) is 42.0 Å². The average Bonchev–Trinajstić information content (AvgIpc) is 2.38. The van der Waals surface area contributed by atoms with Crippen LogP contribution < -0.4 is 0 Å². The number of ether oxygens (including phenoxy) is 1. The molecule has 0 radical (unpaired) electrons. The van der Waals surface area contributed by atoms with E-state index in [1.165, 1.54) is 11.1 Å². The van der Waals surface area contributed by atoms with Gasteiger partial charge in [0.2, 0.25) is 0 Å². The lowest BCUT2D eigenvalue weighted by molar-refractivity contribution is -0.143. The quantitative estimate of drug-likeness (QED) is 0.538. The van der Waals surface area contributed by atoms with E-state index in [2.05, 4.69) is 37.3 Å². The number of esters is 1. The standard InChI is InChI=1S/C16H22O2/c1-3-18-16(17)13-12-14(2)8-7-11-15-9-5-4-6-10-15/h4-6,8-10H,3,7,11-13H2,1-2H3. The molecule has 0 saturated carbocycles. The number of hydrogen-bond donors (Lipinski definition) is 0. The summed E-state index contributed by atoms with van der Waals surface area (Å²) in [6, 6.07) is 10.4. The van der Waals surface area contributed by atoms with Gasteiger partial charge in [-0.2, -0.15) is 0 Å². The monoisotopic (exact) mass is 246 g/mol. The summed E-state index contributed by atoms with van der Waals surface area (Å²) < 4.78 is 4.90. The third kappa shape index (κ3) is 6.24. The highest BCUT2D eigenvalue weighted by atomic mass is 16.5. The molecule has 2 nitrogen and oxygen atoms in total. The van der Waals surface area contributed by atoms with Crippen molar-refractivity contribution in [2.45, 2.75) is 39.5 Å². The van der Waals surface area contributed by atoms with E-state index in [-0.39, 0.29) is 5.97 Å². The lowest BCUT2D eigenvalue weighted by Gasteiger charge is -2.03.